The number of halogens is 2. The second kappa shape index (κ2) is 7.91. The topological polar surface area (TPSA) is 40.9 Å². The van der Waals surface area contributed by atoms with Gasteiger partial charge in [0, 0.05) is 12.0 Å². The highest BCUT2D eigenvalue weighted by Gasteiger charge is 2.23. The maximum Gasteiger partial charge on any atom is 0.154 e. The third-order valence-corrected chi connectivity index (χ3v) is 3.31. The quantitative estimate of drug-likeness (QED) is 0.684. The molecule has 2 nitrogen and oxygen atoms in total. The third kappa shape index (κ3) is 4.33. The van der Waals surface area contributed by atoms with E-state index in [2.05, 4.69) is 6.92 Å². The van der Waals surface area contributed by atoms with Crippen LogP contribution < -0.4 is 0 Å². The number of hydrogen-bond donors (Lipinski definition) is 0. The minimum absolute atomic E-state index is 0.0588. The van der Waals surface area contributed by atoms with Crippen molar-refractivity contribution in [3.63, 3.8) is 0 Å². The molecule has 0 aliphatic rings. The predicted molar refractivity (Wildman–Crippen MR) is 73.5 cm³/mol. The predicted octanol–water partition coefficient (Wildman–Crippen LogP) is 4.63. The van der Waals surface area contributed by atoms with Crippen LogP contribution in [-0.4, -0.2) is 5.78 Å². The van der Waals surface area contributed by atoms with Gasteiger partial charge in [0.15, 0.2) is 5.78 Å². The summed E-state index contributed by atoms with van der Waals surface area (Å²) in [6, 6.07) is 6.28. The van der Waals surface area contributed by atoms with Crippen molar-refractivity contribution in [3.05, 3.63) is 34.6 Å². The molecule has 1 aromatic carbocycles. The van der Waals surface area contributed by atoms with Crippen LogP contribution in [0, 0.1) is 17.1 Å². The van der Waals surface area contributed by atoms with Crippen molar-refractivity contribution in [1.29, 1.82) is 5.26 Å². The van der Waals surface area contributed by atoms with Crippen molar-refractivity contribution in [2.45, 2.75) is 44.9 Å². The van der Waals surface area contributed by atoms with Crippen molar-refractivity contribution in [3.8, 4) is 6.07 Å². The Morgan fingerprint density at radius 2 is 2.16 bits per heavy atom. The Balaban J connectivity index is 2.75. The van der Waals surface area contributed by atoms with Gasteiger partial charge in [0.05, 0.1) is 11.1 Å². The number of unbranched alkanes of at least 4 members (excludes halogenated alkanes) is 3. The van der Waals surface area contributed by atoms with E-state index in [1.807, 2.05) is 6.07 Å². The van der Waals surface area contributed by atoms with Crippen molar-refractivity contribution in [2.75, 3.05) is 0 Å². The van der Waals surface area contributed by atoms with E-state index in [0.717, 1.165) is 25.7 Å². The van der Waals surface area contributed by atoms with Gasteiger partial charge in [-0.05, 0) is 12.5 Å². The fourth-order valence-electron chi connectivity index (χ4n) is 1.93. The molecule has 1 atom stereocenters. The molecule has 0 radical (unpaired) electrons. The van der Waals surface area contributed by atoms with E-state index in [0.29, 0.717) is 6.42 Å². The summed E-state index contributed by atoms with van der Waals surface area (Å²) in [6.45, 7) is 2.08. The molecule has 0 saturated heterocycles. The fourth-order valence-corrected chi connectivity index (χ4v) is 2.11. The zero-order chi connectivity index (χ0) is 14.3. The zero-order valence-electron chi connectivity index (χ0n) is 11.0. The molecule has 0 aliphatic carbocycles. The van der Waals surface area contributed by atoms with E-state index in [9.17, 15) is 9.18 Å². The summed E-state index contributed by atoms with van der Waals surface area (Å²) in [5.41, 5.74) is 0.0792. The average Bonchev–Trinajstić information content (AvgIpc) is 2.40. The highest BCUT2D eigenvalue weighted by Crippen LogP contribution is 2.26. The van der Waals surface area contributed by atoms with Gasteiger partial charge in [-0.2, -0.15) is 5.26 Å². The summed E-state index contributed by atoms with van der Waals surface area (Å²) in [4.78, 5) is 12.0. The minimum Gasteiger partial charge on any atom is -0.298 e. The molecule has 102 valence electrons. The average molecular weight is 282 g/mol. The molecular formula is C15H17ClFNO. The van der Waals surface area contributed by atoms with Crippen molar-refractivity contribution in [1.82, 2.24) is 0 Å². The summed E-state index contributed by atoms with van der Waals surface area (Å²) >= 11 is 5.67. The standard InChI is InChI=1S/C15H17ClFNO/c1-2-3-4-5-9-14(19)12(10-18)11-7-6-8-13(16)15(11)17/h6-8,12H,2-5,9H2,1H3. The fraction of sp³-hybridized carbons (Fsp3) is 0.467. The Hall–Kier alpha value is -1.40. The summed E-state index contributed by atoms with van der Waals surface area (Å²) in [5.74, 6) is -1.96. The van der Waals surface area contributed by atoms with Crippen LogP contribution in [0.2, 0.25) is 5.02 Å². The third-order valence-electron chi connectivity index (χ3n) is 3.02. The number of rotatable bonds is 7. The molecule has 4 heteroatoms. The normalized spacial score (nSPS) is 11.9. The van der Waals surface area contributed by atoms with Crippen LogP contribution in [0.15, 0.2) is 18.2 Å². The molecule has 0 fully saturated rings. The maximum absolute atomic E-state index is 13.8. The van der Waals surface area contributed by atoms with Gasteiger partial charge in [-0.3, -0.25) is 4.79 Å². The molecule has 0 N–H and O–H groups in total. The van der Waals surface area contributed by atoms with Crippen LogP contribution in [0.5, 0.6) is 0 Å². The molecule has 0 bridgehead atoms. The van der Waals surface area contributed by atoms with E-state index < -0.39 is 11.7 Å². The lowest BCUT2D eigenvalue weighted by Crippen LogP contribution is -2.12. The van der Waals surface area contributed by atoms with E-state index >= 15 is 0 Å². The van der Waals surface area contributed by atoms with Crippen molar-refractivity contribution in [2.24, 2.45) is 0 Å². The molecule has 0 saturated carbocycles. The van der Waals surface area contributed by atoms with E-state index in [-0.39, 0.29) is 16.4 Å². The van der Waals surface area contributed by atoms with E-state index in [4.69, 9.17) is 16.9 Å². The number of nitriles is 1. The van der Waals surface area contributed by atoms with Crippen LogP contribution in [-0.2, 0) is 4.79 Å². The van der Waals surface area contributed by atoms with Crippen molar-refractivity contribution < 1.29 is 9.18 Å². The summed E-state index contributed by atoms with van der Waals surface area (Å²) in [5, 5.41) is 9.03. The molecule has 0 spiro atoms. The van der Waals surface area contributed by atoms with E-state index in [1.165, 1.54) is 12.1 Å². The Bertz CT molecular complexity index is 482. The summed E-state index contributed by atoms with van der Waals surface area (Å²) in [7, 11) is 0. The first-order valence-electron chi connectivity index (χ1n) is 6.48. The molecule has 1 rings (SSSR count). The SMILES string of the molecule is CCCCCCC(=O)C(C#N)c1cccc(Cl)c1F. The number of carbonyl (C=O) groups excluding carboxylic acids is 1. The van der Waals surface area contributed by atoms with Gasteiger partial charge in [-0.15, -0.1) is 0 Å². The highest BCUT2D eigenvalue weighted by molar-refractivity contribution is 6.30. The lowest BCUT2D eigenvalue weighted by Gasteiger charge is -2.10. The lowest BCUT2D eigenvalue weighted by atomic mass is 9.92. The highest BCUT2D eigenvalue weighted by atomic mass is 35.5. The maximum atomic E-state index is 13.8. The van der Waals surface area contributed by atoms with Gasteiger partial charge < -0.3 is 0 Å². The first-order chi connectivity index (χ1) is 9.11. The van der Waals surface area contributed by atoms with Gasteiger partial charge in [-0.1, -0.05) is 49.9 Å². The monoisotopic (exact) mass is 281 g/mol. The number of hydrogen-bond acceptors (Lipinski definition) is 2. The zero-order valence-corrected chi connectivity index (χ0v) is 11.7. The second-order valence-corrected chi connectivity index (χ2v) is 4.89. The smallest absolute Gasteiger partial charge is 0.154 e. The number of nitrogens with zero attached hydrogens (tertiary/aromatic N) is 1. The van der Waals surface area contributed by atoms with Gasteiger partial charge in [-0.25, -0.2) is 4.39 Å². The number of ketones is 1. The first kappa shape index (κ1) is 15.7. The Labute approximate surface area is 118 Å². The Kier molecular flexibility index (Phi) is 6.52. The summed E-state index contributed by atoms with van der Waals surface area (Å²) in [6.07, 6.45) is 4.16. The van der Waals surface area contributed by atoms with Gasteiger partial charge in [0.2, 0.25) is 0 Å². The molecule has 19 heavy (non-hydrogen) atoms. The van der Waals surface area contributed by atoms with Crippen LogP contribution in [0.25, 0.3) is 0 Å². The summed E-state index contributed by atoms with van der Waals surface area (Å²) < 4.78 is 13.8. The van der Waals surface area contributed by atoms with Gasteiger partial charge in [0.1, 0.15) is 11.7 Å². The Morgan fingerprint density at radius 3 is 2.79 bits per heavy atom. The molecular weight excluding hydrogens is 265 g/mol. The molecule has 1 unspecified atom stereocenters. The number of benzene rings is 1. The van der Waals surface area contributed by atoms with Crippen molar-refractivity contribution >= 4 is 17.4 Å². The van der Waals surface area contributed by atoms with Gasteiger partial charge in [0.25, 0.3) is 0 Å². The van der Waals surface area contributed by atoms with Gasteiger partial charge >= 0.3 is 0 Å². The molecule has 0 aromatic heterocycles. The number of Topliss-reactive ketones (excluding diaryl/α,β-unsaturated/α-hetero) is 1. The first-order valence-corrected chi connectivity index (χ1v) is 6.85. The van der Waals surface area contributed by atoms with Crippen LogP contribution in [0.4, 0.5) is 4.39 Å². The largest absolute Gasteiger partial charge is 0.298 e. The number of carbonyl (C=O) groups is 1. The molecule has 0 aliphatic heterocycles. The molecule has 0 amide bonds. The molecule has 0 heterocycles. The lowest BCUT2D eigenvalue weighted by molar-refractivity contribution is -0.119. The van der Waals surface area contributed by atoms with Crippen LogP contribution in [0.1, 0.15) is 50.5 Å². The second-order valence-electron chi connectivity index (χ2n) is 4.48. The van der Waals surface area contributed by atoms with Crippen LogP contribution >= 0.6 is 11.6 Å². The molecule has 1 aromatic rings. The Morgan fingerprint density at radius 1 is 1.42 bits per heavy atom. The minimum atomic E-state index is -1.06. The van der Waals surface area contributed by atoms with Crippen LogP contribution in [0.3, 0.4) is 0 Å². The van der Waals surface area contributed by atoms with E-state index in [1.54, 1.807) is 6.07 Å².